The van der Waals surface area contributed by atoms with Crippen LogP contribution in [0.15, 0.2) is 24.3 Å². The van der Waals surface area contributed by atoms with Crippen LogP contribution in [0.1, 0.15) is 96.3 Å². The minimum Gasteiger partial charge on any atom is -0.461 e. The molecule has 13 atom stereocenters. The Morgan fingerprint density at radius 2 is 1.46 bits per heavy atom. The fourth-order valence-electron chi connectivity index (χ4n) is 15.0. The smallest absolute Gasteiger partial charge is 0.311 e. The molecule has 6 aliphatic carbocycles. The molecule has 9 nitrogen and oxygen atoms in total. The van der Waals surface area contributed by atoms with E-state index in [-0.39, 0.29) is 72.5 Å². The van der Waals surface area contributed by atoms with Crippen molar-refractivity contribution in [1.29, 1.82) is 0 Å². The number of Topliss-reactive ketones (excluding diaryl/α,β-unsaturated/α-hetero) is 1. The molecule has 4 heterocycles. The highest BCUT2D eigenvalue weighted by Crippen LogP contribution is 2.89. The number of ketones is 1. The van der Waals surface area contributed by atoms with E-state index in [2.05, 4.69) is 23.0 Å². The summed E-state index contributed by atoms with van der Waals surface area (Å²) in [6, 6.07) is 0. The third kappa shape index (κ3) is 3.76. The maximum Gasteiger partial charge on any atom is 0.311 e. The molecule has 6 saturated carbocycles. The first kappa shape index (κ1) is 32.6. The van der Waals surface area contributed by atoms with Crippen LogP contribution in [0, 0.1) is 52.3 Å². The zero-order valence-corrected chi connectivity index (χ0v) is 29.7. The molecule has 4 aliphatic heterocycles. The Hall–Kier alpha value is -2.07. The normalized spacial score (nSPS) is 52.8. The van der Waals surface area contributed by atoms with Crippen molar-refractivity contribution in [2.45, 2.75) is 119 Å². The number of nitrogens with zero attached hydrogens (tertiary/aromatic N) is 2. The summed E-state index contributed by atoms with van der Waals surface area (Å²) in [5.41, 5.74) is -4.22. The van der Waals surface area contributed by atoms with Gasteiger partial charge >= 0.3 is 11.9 Å². The van der Waals surface area contributed by atoms with E-state index in [0.29, 0.717) is 25.9 Å². The Bertz CT molecular complexity index is 1550. The van der Waals surface area contributed by atoms with Crippen molar-refractivity contribution in [3.63, 3.8) is 0 Å². The summed E-state index contributed by atoms with van der Waals surface area (Å²) < 4.78 is 13.0. The predicted octanol–water partition coefficient (Wildman–Crippen LogP) is 4.20. The lowest BCUT2D eigenvalue weighted by Gasteiger charge is -2.49. The summed E-state index contributed by atoms with van der Waals surface area (Å²) in [5, 5.41) is 26.8. The van der Waals surface area contributed by atoms with Gasteiger partial charge in [-0.1, -0.05) is 37.1 Å². The summed E-state index contributed by atoms with van der Waals surface area (Å²) >= 11 is 0. The van der Waals surface area contributed by atoms with E-state index in [4.69, 9.17) is 9.47 Å². The highest BCUT2D eigenvalue weighted by molar-refractivity contribution is 5.94. The predicted molar refractivity (Wildman–Crippen MR) is 183 cm³/mol. The second-order valence-electron chi connectivity index (χ2n) is 18.7. The van der Waals surface area contributed by atoms with Crippen molar-refractivity contribution in [2.24, 2.45) is 52.3 Å². The van der Waals surface area contributed by atoms with Gasteiger partial charge in [0.1, 0.15) is 28.7 Å². The topological polar surface area (TPSA) is 117 Å². The number of rotatable bonds is 4. The fraction of sp³-hybridized carbons (Fsp3) is 0.829. The summed E-state index contributed by atoms with van der Waals surface area (Å²) in [6.45, 7) is 14.5. The molecule has 10 rings (SSSR count). The largest absolute Gasteiger partial charge is 0.461 e. The Morgan fingerprint density at radius 3 is 2.16 bits per heavy atom. The molecule has 272 valence electrons. The second kappa shape index (κ2) is 10.8. The van der Waals surface area contributed by atoms with Crippen molar-refractivity contribution in [3.8, 4) is 0 Å². The molecule has 0 aromatic rings. The molecule has 0 radical (unpaired) electrons. The molecule has 9 heteroatoms. The third-order valence-electron chi connectivity index (χ3n) is 17.1. The Labute approximate surface area is 296 Å². The lowest BCUT2D eigenvalue weighted by molar-refractivity contribution is -0.207. The van der Waals surface area contributed by atoms with E-state index in [9.17, 15) is 24.6 Å². The number of aliphatic hydroxyl groups is 2. The lowest BCUT2D eigenvalue weighted by Crippen LogP contribution is -2.63. The fourth-order valence-corrected chi connectivity index (χ4v) is 15.0. The van der Waals surface area contributed by atoms with Gasteiger partial charge in [-0.2, -0.15) is 0 Å². The van der Waals surface area contributed by atoms with E-state index in [0.717, 1.165) is 88.7 Å². The molecule has 2 unspecified atom stereocenters. The van der Waals surface area contributed by atoms with E-state index in [1.807, 2.05) is 0 Å². The first-order valence-corrected chi connectivity index (χ1v) is 20.2. The number of fused-ring (bicyclic) bond motifs is 6. The molecule has 2 N–H and O–H groups in total. The summed E-state index contributed by atoms with van der Waals surface area (Å²) in [6.07, 6.45) is 11.2. The van der Waals surface area contributed by atoms with Crippen LogP contribution in [-0.2, 0) is 23.9 Å². The van der Waals surface area contributed by atoms with Gasteiger partial charge in [0.2, 0.25) is 0 Å². The molecule has 4 saturated heterocycles. The molecule has 50 heavy (non-hydrogen) atoms. The van der Waals surface area contributed by atoms with Crippen LogP contribution >= 0.6 is 0 Å². The van der Waals surface area contributed by atoms with Crippen LogP contribution in [0.4, 0.5) is 0 Å². The van der Waals surface area contributed by atoms with E-state index in [1.54, 1.807) is 0 Å². The number of ether oxygens (including phenoxy) is 2. The van der Waals surface area contributed by atoms with Gasteiger partial charge in [0.05, 0.1) is 17.3 Å². The number of hydrogen-bond acceptors (Lipinski definition) is 9. The number of carbonyl (C=O) groups excluding carboxylic acids is 3. The first-order chi connectivity index (χ1) is 24.0. The SMILES string of the molecule is C=C1CC[C@H]2C(CN3CCCCC3)C(=O)O[C@@H]2[C@@H]2[C@H]1C[C@]1(O)[C@]3(CC[C@]21O)C(=O)C[C@H]1C(=C)CC[C@H]2C(CN4CCCCC4)C(=O)O[C@@]24C[C@@]134. The highest BCUT2D eigenvalue weighted by atomic mass is 16.6. The number of carbonyl (C=O) groups is 3. The molecule has 0 bridgehead atoms. The number of hydrogen-bond donors (Lipinski definition) is 2. The molecule has 0 amide bonds. The van der Waals surface area contributed by atoms with Gasteiger partial charge in [-0.05, 0) is 115 Å². The van der Waals surface area contributed by atoms with Gasteiger partial charge in [-0.25, -0.2) is 0 Å². The maximum absolute atomic E-state index is 14.9. The quantitative estimate of drug-likeness (QED) is 0.331. The van der Waals surface area contributed by atoms with Gasteiger partial charge in [-0.15, -0.1) is 0 Å². The van der Waals surface area contributed by atoms with Crippen molar-refractivity contribution < 1.29 is 34.1 Å². The first-order valence-electron chi connectivity index (χ1n) is 20.2. The minimum absolute atomic E-state index is 0.000132. The van der Waals surface area contributed by atoms with Gasteiger partial charge in [0, 0.05) is 42.7 Å². The number of allylic oxidation sites excluding steroid dienone is 2. The van der Waals surface area contributed by atoms with E-state index in [1.165, 1.54) is 12.8 Å². The average molecular weight is 689 g/mol. The van der Waals surface area contributed by atoms with Gasteiger partial charge < -0.3 is 29.5 Å². The number of piperidine rings is 2. The van der Waals surface area contributed by atoms with Gasteiger partial charge in [0.15, 0.2) is 0 Å². The number of esters is 2. The monoisotopic (exact) mass is 688 g/mol. The average Bonchev–Trinajstić information content (AvgIpc) is 3.18. The minimum atomic E-state index is -1.75. The van der Waals surface area contributed by atoms with Crippen molar-refractivity contribution in [2.75, 3.05) is 39.3 Å². The van der Waals surface area contributed by atoms with Crippen LogP contribution in [0.25, 0.3) is 0 Å². The van der Waals surface area contributed by atoms with Crippen molar-refractivity contribution in [1.82, 2.24) is 9.80 Å². The Kier molecular flexibility index (Phi) is 7.01. The maximum atomic E-state index is 14.9. The summed E-state index contributed by atoms with van der Waals surface area (Å²) in [7, 11) is 0. The standard InChI is InChI=1S/C41H56N2O7/c1-24-9-11-26-28(21-42-15-5-3-6-16-42)35(45)49-34(26)33-27(24)20-41(48)37(13-14-39(33,41)47)32(44)19-31-25(2)10-12-30-29(22-43-17-7-4-8-18-43)36(46)50-40(30)23-38(31,37)40/h26-31,33-34,47-48H,1-23H2/t26-,27-,28?,29?,30-,31-,33-,34-,37+,38+,39-,40-,41-/m0/s1. The zero-order chi connectivity index (χ0) is 34.4. The highest BCUT2D eigenvalue weighted by Gasteiger charge is 2.96. The van der Waals surface area contributed by atoms with Crippen LogP contribution in [-0.4, -0.2) is 99.9 Å². The second-order valence-corrected chi connectivity index (χ2v) is 18.7. The van der Waals surface area contributed by atoms with Gasteiger partial charge in [0.25, 0.3) is 0 Å². The molecule has 0 aromatic carbocycles. The molecular formula is C41H56N2O7. The summed E-state index contributed by atoms with van der Waals surface area (Å²) in [4.78, 5) is 47.4. The number of likely N-dealkylation sites (tertiary alicyclic amines) is 2. The van der Waals surface area contributed by atoms with Crippen LogP contribution in [0.3, 0.4) is 0 Å². The Balaban J connectivity index is 1.03. The summed E-state index contributed by atoms with van der Waals surface area (Å²) in [5.74, 6) is -1.94. The van der Waals surface area contributed by atoms with E-state index >= 15 is 0 Å². The van der Waals surface area contributed by atoms with Gasteiger partial charge in [-0.3, -0.25) is 14.4 Å². The van der Waals surface area contributed by atoms with Crippen molar-refractivity contribution in [3.05, 3.63) is 24.3 Å². The Morgan fingerprint density at radius 1 is 0.800 bits per heavy atom. The molecular weight excluding hydrogens is 632 g/mol. The van der Waals surface area contributed by atoms with Crippen LogP contribution < -0.4 is 0 Å². The molecule has 10 aliphatic rings. The van der Waals surface area contributed by atoms with Crippen LogP contribution in [0.2, 0.25) is 0 Å². The molecule has 10 fully saturated rings. The zero-order valence-electron chi connectivity index (χ0n) is 29.7. The molecule has 0 aromatic heterocycles. The van der Waals surface area contributed by atoms with Crippen LogP contribution in [0.5, 0.6) is 0 Å². The lowest BCUT2D eigenvalue weighted by atomic mass is 9.58. The third-order valence-corrected chi connectivity index (χ3v) is 17.1. The van der Waals surface area contributed by atoms with E-state index < -0.39 is 39.7 Å². The molecule has 3 spiro atoms. The van der Waals surface area contributed by atoms with Crippen molar-refractivity contribution >= 4 is 17.7 Å².